The first-order chi connectivity index (χ1) is 7.79. The summed E-state index contributed by atoms with van der Waals surface area (Å²) in [4.78, 5) is 4.47. The highest BCUT2D eigenvalue weighted by Gasteiger charge is 2.55. The average molecular weight is 235 g/mol. The third-order valence-electron chi connectivity index (χ3n) is 3.82. The van der Waals surface area contributed by atoms with Crippen LogP contribution < -0.4 is 5.32 Å². The Hall–Kier alpha value is -1.06. The van der Waals surface area contributed by atoms with Gasteiger partial charge in [-0.2, -0.15) is 0 Å². The third kappa shape index (κ3) is 0.913. The van der Waals surface area contributed by atoms with Gasteiger partial charge >= 0.3 is 0 Å². The maximum absolute atomic E-state index is 6.18. The fraction of sp³-hybridized carbons (Fsp3) is 0.417. The Morgan fingerprint density at radius 3 is 3.38 bits per heavy atom. The quantitative estimate of drug-likeness (QED) is 0.700. The Labute approximate surface area is 98.5 Å². The average Bonchev–Trinajstić information content (AvgIpc) is 2.86. The molecule has 1 saturated heterocycles. The highest BCUT2D eigenvalue weighted by molar-refractivity contribution is 6.33. The molecule has 4 heteroatoms. The second kappa shape index (κ2) is 2.79. The number of hydrogen-bond donors (Lipinski definition) is 1. The van der Waals surface area contributed by atoms with Crippen LogP contribution in [0.15, 0.2) is 24.4 Å². The number of ether oxygens (including phenoxy) is 1. The lowest BCUT2D eigenvalue weighted by atomic mass is 9.77. The molecule has 4 heterocycles. The molecule has 0 unspecified atom stereocenters. The lowest BCUT2D eigenvalue weighted by Gasteiger charge is -2.36. The van der Waals surface area contributed by atoms with E-state index in [2.05, 4.69) is 22.5 Å². The summed E-state index contributed by atoms with van der Waals surface area (Å²) >= 11 is 6.18. The zero-order valence-electron chi connectivity index (χ0n) is 8.61. The number of aromatic nitrogens is 1. The van der Waals surface area contributed by atoms with Gasteiger partial charge in [0.25, 0.3) is 0 Å². The standard InChI is InChI=1S/C12H11ClN2O/c13-9-2-4-14-11-10(9)15-6-7-5-8-1-3-12(7,11)16-8/h1-4,7-8,15H,5-6H2/t7-,8-,12+/m1/s1. The summed E-state index contributed by atoms with van der Waals surface area (Å²) in [6.45, 7) is 0.916. The van der Waals surface area contributed by atoms with Crippen molar-refractivity contribution < 1.29 is 4.74 Å². The first-order valence-corrected chi connectivity index (χ1v) is 5.93. The van der Waals surface area contributed by atoms with Crippen molar-refractivity contribution in [1.82, 2.24) is 4.98 Å². The Morgan fingerprint density at radius 1 is 1.56 bits per heavy atom. The fourth-order valence-electron chi connectivity index (χ4n) is 3.08. The van der Waals surface area contributed by atoms with E-state index in [-0.39, 0.29) is 11.7 Å². The number of rotatable bonds is 0. The van der Waals surface area contributed by atoms with Crippen LogP contribution >= 0.6 is 11.6 Å². The maximum Gasteiger partial charge on any atom is 0.136 e. The van der Waals surface area contributed by atoms with Crippen LogP contribution in [0.1, 0.15) is 12.1 Å². The number of nitrogens with zero attached hydrogens (tertiary/aromatic N) is 1. The van der Waals surface area contributed by atoms with Crippen molar-refractivity contribution >= 4 is 17.3 Å². The summed E-state index contributed by atoms with van der Waals surface area (Å²) < 4.78 is 6.07. The van der Waals surface area contributed by atoms with E-state index < -0.39 is 0 Å². The Bertz CT molecular complexity index is 502. The van der Waals surface area contributed by atoms with E-state index in [4.69, 9.17) is 16.3 Å². The van der Waals surface area contributed by atoms with Crippen LogP contribution in [0.25, 0.3) is 0 Å². The second-order valence-electron chi connectivity index (χ2n) is 4.64. The second-order valence-corrected chi connectivity index (χ2v) is 5.05. The van der Waals surface area contributed by atoms with E-state index in [0.717, 1.165) is 29.4 Å². The van der Waals surface area contributed by atoms with Gasteiger partial charge in [-0.05, 0) is 18.6 Å². The molecule has 3 atom stereocenters. The Balaban J connectivity index is 1.98. The molecular weight excluding hydrogens is 224 g/mol. The van der Waals surface area contributed by atoms with Gasteiger partial charge in [-0.3, -0.25) is 4.98 Å². The van der Waals surface area contributed by atoms with Crippen molar-refractivity contribution in [2.75, 3.05) is 11.9 Å². The molecule has 0 saturated carbocycles. The van der Waals surface area contributed by atoms with Crippen LogP contribution in [0.5, 0.6) is 0 Å². The molecule has 1 aromatic rings. The van der Waals surface area contributed by atoms with Crippen molar-refractivity contribution in [3.63, 3.8) is 0 Å². The minimum Gasteiger partial charge on any atom is -0.382 e. The highest BCUT2D eigenvalue weighted by atomic mass is 35.5. The fourth-order valence-corrected chi connectivity index (χ4v) is 3.30. The first kappa shape index (κ1) is 9.02. The van der Waals surface area contributed by atoms with Gasteiger partial charge in [0.2, 0.25) is 0 Å². The number of pyridine rings is 1. The van der Waals surface area contributed by atoms with Crippen LogP contribution in [-0.2, 0) is 10.3 Å². The van der Waals surface area contributed by atoms with E-state index in [1.807, 2.05) is 6.07 Å². The van der Waals surface area contributed by atoms with E-state index in [0.29, 0.717) is 5.92 Å². The summed E-state index contributed by atoms with van der Waals surface area (Å²) in [5.41, 5.74) is 1.58. The van der Waals surface area contributed by atoms with Crippen LogP contribution in [0, 0.1) is 5.92 Å². The van der Waals surface area contributed by atoms with E-state index in [9.17, 15) is 0 Å². The van der Waals surface area contributed by atoms with Gasteiger partial charge in [-0.25, -0.2) is 0 Å². The molecule has 1 aromatic heterocycles. The topological polar surface area (TPSA) is 34.2 Å². The monoisotopic (exact) mass is 234 g/mol. The molecule has 1 fully saturated rings. The van der Waals surface area contributed by atoms with E-state index >= 15 is 0 Å². The van der Waals surface area contributed by atoms with Crippen LogP contribution in [0.2, 0.25) is 5.02 Å². The molecule has 82 valence electrons. The molecule has 3 aliphatic heterocycles. The van der Waals surface area contributed by atoms with Gasteiger partial charge < -0.3 is 10.1 Å². The molecule has 4 rings (SSSR count). The first-order valence-electron chi connectivity index (χ1n) is 5.55. The molecular formula is C12H11ClN2O. The summed E-state index contributed by atoms with van der Waals surface area (Å²) in [7, 11) is 0. The van der Waals surface area contributed by atoms with Crippen LogP contribution in [0.4, 0.5) is 5.69 Å². The van der Waals surface area contributed by atoms with Crippen molar-refractivity contribution in [3.05, 3.63) is 35.1 Å². The summed E-state index contributed by atoms with van der Waals surface area (Å²) in [5.74, 6) is 0.487. The summed E-state index contributed by atoms with van der Waals surface area (Å²) in [5, 5.41) is 4.10. The number of anilines is 1. The molecule has 3 aliphatic rings. The number of hydrogen-bond acceptors (Lipinski definition) is 3. The van der Waals surface area contributed by atoms with Crippen molar-refractivity contribution in [1.29, 1.82) is 0 Å². The van der Waals surface area contributed by atoms with E-state index in [1.54, 1.807) is 6.20 Å². The smallest absolute Gasteiger partial charge is 0.136 e. The largest absolute Gasteiger partial charge is 0.382 e. The van der Waals surface area contributed by atoms with Crippen LogP contribution in [-0.4, -0.2) is 17.6 Å². The number of nitrogens with one attached hydrogen (secondary N) is 1. The SMILES string of the molecule is Clc1ccnc2c1NC[C@H]1C[C@H]3C=C[C@@]21O3. The molecule has 0 amide bonds. The molecule has 1 N–H and O–H groups in total. The zero-order chi connectivity index (χ0) is 10.8. The summed E-state index contributed by atoms with van der Waals surface area (Å²) in [6, 6.07) is 1.81. The van der Waals surface area contributed by atoms with Gasteiger partial charge in [-0.1, -0.05) is 17.7 Å². The predicted molar refractivity (Wildman–Crippen MR) is 61.5 cm³/mol. The zero-order valence-corrected chi connectivity index (χ0v) is 9.37. The van der Waals surface area contributed by atoms with Crippen molar-refractivity contribution in [2.24, 2.45) is 5.92 Å². The van der Waals surface area contributed by atoms with Gasteiger partial charge in [0.05, 0.1) is 16.8 Å². The normalized spacial score (nSPS) is 38.1. The van der Waals surface area contributed by atoms with Crippen molar-refractivity contribution in [2.45, 2.75) is 18.1 Å². The third-order valence-corrected chi connectivity index (χ3v) is 4.14. The molecule has 0 aliphatic carbocycles. The highest BCUT2D eigenvalue weighted by Crippen LogP contribution is 2.54. The van der Waals surface area contributed by atoms with Crippen molar-refractivity contribution in [3.8, 4) is 0 Å². The molecule has 0 radical (unpaired) electrons. The van der Waals surface area contributed by atoms with Gasteiger partial charge in [0, 0.05) is 18.7 Å². The Morgan fingerprint density at radius 2 is 2.50 bits per heavy atom. The lowest BCUT2D eigenvalue weighted by Crippen LogP contribution is -2.39. The minimum absolute atomic E-state index is 0.263. The Kier molecular flexibility index (Phi) is 1.57. The molecule has 16 heavy (non-hydrogen) atoms. The molecule has 3 nitrogen and oxygen atoms in total. The summed E-state index contributed by atoms with van der Waals surface area (Å²) in [6.07, 6.45) is 7.40. The van der Waals surface area contributed by atoms with E-state index in [1.165, 1.54) is 0 Å². The lowest BCUT2D eigenvalue weighted by molar-refractivity contribution is 0.00589. The number of fused-ring (bicyclic) bond motifs is 2. The predicted octanol–water partition coefficient (Wildman–Crippen LogP) is 2.33. The molecule has 1 spiro atoms. The van der Waals surface area contributed by atoms with Gasteiger partial charge in [-0.15, -0.1) is 0 Å². The van der Waals surface area contributed by atoms with Gasteiger partial charge in [0.1, 0.15) is 11.3 Å². The van der Waals surface area contributed by atoms with Gasteiger partial charge in [0.15, 0.2) is 0 Å². The van der Waals surface area contributed by atoms with Crippen LogP contribution in [0.3, 0.4) is 0 Å². The maximum atomic E-state index is 6.18. The molecule has 2 bridgehead atoms. The molecule has 0 aromatic carbocycles. The number of halogens is 1. The minimum atomic E-state index is -0.309.